The monoisotopic (exact) mass is 427 g/mol. The van der Waals surface area contributed by atoms with E-state index in [0.717, 1.165) is 31.6 Å². The first kappa shape index (κ1) is 13.2. The van der Waals surface area contributed by atoms with Crippen molar-refractivity contribution in [2.24, 2.45) is 5.92 Å². The Labute approximate surface area is 126 Å². The van der Waals surface area contributed by atoms with Crippen molar-refractivity contribution >= 4 is 65.2 Å². The molecule has 0 saturated carbocycles. The molecule has 1 N–H and O–H groups in total. The summed E-state index contributed by atoms with van der Waals surface area (Å²) in [7, 11) is 0. The van der Waals surface area contributed by atoms with Crippen molar-refractivity contribution in [3.8, 4) is 0 Å². The molecular formula is C11H12Br3NS. The third-order valence-electron chi connectivity index (χ3n) is 2.60. The van der Waals surface area contributed by atoms with E-state index in [1.165, 1.54) is 17.9 Å². The van der Waals surface area contributed by atoms with Crippen LogP contribution in [0, 0.1) is 5.92 Å². The first-order valence-corrected chi connectivity index (χ1v) is 8.66. The quantitative estimate of drug-likeness (QED) is 0.714. The van der Waals surface area contributed by atoms with Crippen molar-refractivity contribution in [3.63, 3.8) is 0 Å². The molecule has 16 heavy (non-hydrogen) atoms. The number of benzene rings is 1. The van der Waals surface area contributed by atoms with Crippen LogP contribution in [0.15, 0.2) is 25.6 Å². The molecule has 88 valence electrons. The van der Waals surface area contributed by atoms with Crippen molar-refractivity contribution in [1.82, 2.24) is 0 Å². The summed E-state index contributed by atoms with van der Waals surface area (Å²) in [6, 6.07) is 4.13. The maximum absolute atomic E-state index is 3.58. The molecule has 1 aliphatic rings. The molecule has 1 nitrogen and oxygen atoms in total. The average Bonchev–Trinajstić information content (AvgIpc) is 2.68. The molecule has 1 aliphatic heterocycles. The van der Waals surface area contributed by atoms with Crippen LogP contribution < -0.4 is 5.32 Å². The van der Waals surface area contributed by atoms with Gasteiger partial charge in [-0.15, -0.1) is 0 Å². The van der Waals surface area contributed by atoms with Crippen LogP contribution in [-0.2, 0) is 0 Å². The van der Waals surface area contributed by atoms with Gasteiger partial charge in [0.1, 0.15) is 0 Å². The first-order valence-electron chi connectivity index (χ1n) is 5.13. The maximum Gasteiger partial charge on any atom is 0.0629 e. The molecule has 1 atom stereocenters. The van der Waals surface area contributed by atoms with E-state index in [2.05, 4.69) is 77.0 Å². The van der Waals surface area contributed by atoms with Crippen molar-refractivity contribution < 1.29 is 0 Å². The van der Waals surface area contributed by atoms with Crippen molar-refractivity contribution in [1.29, 1.82) is 0 Å². The van der Waals surface area contributed by atoms with E-state index in [-0.39, 0.29) is 0 Å². The Morgan fingerprint density at radius 1 is 1.25 bits per heavy atom. The summed E-state index contributed by atoms with van der Waals surface area (Å²) in [5.41, 5.74) is 1.15. The molecule has 1 unspecified atom stereocenters. The van der Waals surface area contributed by atoms with Gasteiger partial charge in [0.05, 0.1) is 5.69 Å². The standard InChI is InChI=1S/C11H12Br3NS/c12-8-3-9(13)11(10(14)4-8)15-5-7-1-2-16-6-7/h3-4,7,15H,1-2,5-6H2. The van der Waals surface area contributed by atoms with Gasteiger partial charge >= 0.3 is 0 Å². The zero-order valence-electron chi connectivity index (χ0n) is 8.60. The average molecular weight is 430 g/mol. The summed E-state index contributed by atoms with van der Waals surface area (Å²) >= 11 is 12.7. The molecule has 1 heterocycles. The zero-order valence-corrected chi connectivity index (χ0v) is 14.2. The van der Waals surface area contributed by atoms with E-state index in [4.69, 9.17) is 0 Å². The van der Waals surface area contributed by atoms with Crippen LogP contribution >= 0.6 is 59.6 Å². The highest BCUT2D eigenvalue weighted by Crippen LogP contribution is 2.35. The fraction of sp³-hybridized carbons (Fsp3) is 0.455. The van der Waals surface area contributed by atoms with Crippen molar-refractivity contribution in [2.75, 3.05) is 23.4 Å². The Balaban J connectivity index is 2.03. The van der Waals surface area contributed by atoms with Gasteiger partial charge in [-0.1, -0.05) is 15.9 Å². The molecule has 1 aromatic rings. The summed E-state index contributed by atoms with van der Waals surface area (Å²) in [5, 5.41) is 3.52. The van der Waals surface area contributed by atoms with Crippen LogP contribution in [0.1, 0.15) is 6.42 Å². The third-order valence-corrected chi connectivity index (χ3v) is 5.54. The Hall–Kier alpha value is 0.810. The van der Waals surface area contributed by atoms with Crippen LogP contribution in [0.4, 0.5) is 5.69 Å². The number of rotatable bonds is 3. The number of nitrogens with one attached hydrogen (secondary N) is 1. The summed E-state index contributed by atoms with van der Waals surface area (Å²) in [6.07, 6.45) is 1.34. The Bertz CT molecular complexity index is 354. The highest BCUT2D eigenvalue weighted by Gasteiger charge is 2.16. The van der Waals surface area contributed by atoms with Crippen LogP contribution in [0.3, 0.4) is 0 Å². The minimum atomic E-state index is 0.812. The lowest BCUT2D eigenvalue weighted by molar-refractivity contribution is 0.631. The molecule has 0 aliphatic carbocycles. The number of hydrogen-bond acceptors (Lipinski definition) is 2. The predicted molar refractivity (Wildman–Crippen MR) is 83.5 cm³/mol. The van der Waals surface area contributed by atoms with Gasteiger partial charge in [-0.25, -0.2) is 0 Å². The Morgan fingerprint density at radius 2 is 1.94 bits per heavy atom. The van der Waals surface area contributed by atoms with Gasteiger partial charge in [0.25, 0.3) is 0 Å². The van der Waals surface area contributed by atoms with E-state index < -0.39 is 0 Å². The summed E-state index contributed by atoms with van der Waals surface area (Å²) in [5.74, 6) is 3.42. The van der Waals surface area contributed by atoms with Crippen LogP contribution in [0.5, 0.6) is 0 Å². The van der Waals surface area contributed by atoms with E-state index >= 15 is 0 Å². The highest BCUT2D eigenvalue weighted by atomic mass is 79.9. The van der Waals surface area contributed by atoms with E-state index in [0.29, 0.717) is 0 Å². The topological polar surface area (TPSA) is 12.0 Å². The lowest BCUT2D eigenvalue weighted by atomic mass is 10.1. The van der Waals surface area contributed by atoms with Crippen LogP contribution in [0.25, 0.3) is 0 Å². The lowest BCUT2D eigenvalue weighted by Gasteiger charge is -2.14. The SMILES string of the molecule is Brc1cc(Br)c(NCC2CCSC2)c(Br)c1. The molecule has 0 amide bonds. The molecular weight excluding hydrogens is 418 g/mol. The van der Waals surface area contributed by atoms with Gasteiger partial charge in [-0.2, -0.15) is 11.8 Å². The molecule has 0 bridgehead atoms. The number of halogens is 3. The second kappa shape index (κ2) is 6.12. The predicted octanol–water partition coefficient (Wildman–Crippen LogP) is 5.14. The molecule has 1 aromatic carbocycles. The minimum absolute atomic E-state index is 0.812. The Kier molecular flexibility index (Phi) is 5.06. The maximum atomic E-state index is 3.58. The second-order valence-electron chi connectivity index (χ2n) is 3.85. The zero-order chi connectivity index (χ0) is 11.5. The van der Waals surface area contributed by atoms with Gasteiger partial charge in [0.2, 0.25) is 0 Å². The van der Waals surface area contributed by atoms with Crippen molar-refractivity contribution in [3.05, 3.63) is 25.6 Å². The second-order valence-corrected chi connectivity index (χ2v) is 7.63. The summed E-state index contributed by atoms with van der Waals surface area (Å²) < 4.78 is 3.27. The van der Waals surface area contributed by atoms with Crippen LogP contribution in [0.2, 0.25) is 0 Å². The molecule has 1 fully saturated rings. The van der Waals surface area contributed by atoms with Crippen molar-refractivity contribution in [2.45, 2.75) is 6.42 Å². The number of thioether (sulfide) groups is 1. The van der Waals surface area contributed by atoms with Gasteiger partial charge in [-0.3, -0.25) is 0 Å². The van der Waals surface area contributed by atoms with Gasteiger partial charge in [0.15, 0.2) is 0 Å². The molecule has 1 saturated heterocycles. The van der Waals surface area contributed by atoms with Crippen LogP contribution in [-0.4, -0.2) is 18.1 Å². The fourth-order valence-corrected chi connectivity index (χ4v) is 5.53. The van der Waals surface area contributed by atoms with E-state index in [1.54, 1.807) is 0 Å². The summed E-state index contributed by atoms with van der Waals surface area (Å²) in [4.78, 5) is 0. The van der Waals surface area contributed by atoms with E-state index in [1.807, 2.05) is 0 Å². The number of hydrogen-bond donors (Lipinski definition) is 1. The normalized spacial score (nSPS) is 20.1. The fourth-order valence-electron chi connectivity index (χ4n) is 1.70. The molecule has 0 radical (unpaired) electrons. The number of anilines is 1. The smallest absolute Gasteiger partial charge is 0.0629 e. The summed E-state index contributed by atoms with van der Waals surface area (Å²) in [6.45, 7) is 1.06. The molecule has 2 rings (SSSR count). The molecule has 0 spiro atoms. The van der Waals surface area contributed by atoms with Gasteiger partial charge in [0, 0.05) is 20.0 Å². The van der Waals surface area contributed by atoms with E-state index in [9.17, 15) is 0 Å². The molecule has 0 aromatic heterocycles. The minimum Gasteiger partial charge on any atom is -0.383 e. The van der Waals surface area contributed by atoms with Gasteiger partial charge in [-0.05, 0) is 67.8 Å². The largest absolute Gasteiger partial charge is 0.383 e. The lowest BCUT2D eigenvalue weighted by Crippen LogP contribution is -2.14. The first-order chi connectivity index (χ1) is 7.66. The molecule has 5 heteroatoms. The Morgan fingerprint density at radius 3 is 2.50 bits per heavy atom. The highest BCUT2D eigenvalue weighted by molar-refractivity contribution is 9.11. The third kappa shape index (κ3) is 3.40. The van der Waals surface area contributed by atoms with Gasteiger partial charge < -0.3 is 5.32 Å².